The Labute approximate surface area is 161 Å². The molecule has 2 saturated carbocycles. The number of hydrogen-bond donors (Lipinski definition) is 2. The lowest BCUT2D eigenvalue weighted by Crippen LogP contribution is -2.49. The van der Waals surface area contributed by atoms with E-state index in [1.54, 1.807) is 0 Å². The van der Waals surface area contributed by atoms with Gasteiger partial charge in [-0.1, -0.05) is 25.7 Å². The summed E-state index contributed by atoms with van der Waals surface area (Å²) in [5, 5.41) is 7.37. The second-order valence-corrected chi connectivity index (χ2v) is 9.77. The third-order valence-electron chi connectivity index (χ3n) is 8.05. The molecule has 4 aliphatic rings. The van der Waals surface area contributed by atoms with E-state index in [2.05, 4.69) is 10.6 Å². The van der Waals surface area contributed by atoms with Gasteiger partial charge in [-0.2, -0.15) is 0 Å². The summed E-state index contributed by atoms with van der Waals surface area (Å²) in [6.45, 7) is 5.99. The fourth-order valence-electron chi connectivity index (χ4n) is 6.58. The van der Waals surface area contributed by atoms with E-state index in [0.29, 0.717) is 6.10 Å². The minimum atomic E-state index is 0.542. The first-order valence-corrected chi connectivity index (χ1v) is 11.9. The molecule has 4 atom stereocenters. The van der Waals surface area contributed by atoms with Gasteiger partial charge in [0.25, 0.3) is 0 Å². The van der Waals surface area contributed by atoms with Crippen molar-refractivity contribution in [2.45, 2.75) is 83.2 Å². The van der Waals surface area contributed by atoms with Crippen molar-refractivity contribution in [1.29, 1.82) is 0 Å². The van der Waals surface area contributed by atoms with Crippen LogP contribution in [0.25, 0.3) is 0 Å². The highest BCUT2D eigenvalue weighted by Gasteiger charge is 2.42. The van der Waals surface area contributed by atoms with Crippen LogP contribution in [-0.2, 0) is 4.74 Å². The average Bonchev–Trinajstić information content (AvgIpc) is 2.74. The van der Waals surface area contributed by atoms with E-state index in [0.717, 1.165) is 36.2 Å². The molecule has 2 aliphatic carbocycles. The van der Waals surface area contributed by atoms with Crippen LogP contribution in [-0.4, -0.2) is 38.9 Å². The Morgan fingerprint density at radius 2 is 1.23 bits per heavy atom. The second kappa shape index (κ2) is 9.89. The molecule has 0 radical (unpaired) electrons. The molecule has 0 amide bonds. The molecule has 150 valence electrons. The van der Waals surface area contributed by atoms with E-state index >= 15 is 0 Å². The van der Waals surface area contributed by atoms with Gasteiger partial charge in [-0.25, -0.2) is 0 Å². The highest BCUT2D eigenvalue weighted by Crippen LogP contribution is 2.43. The van der Waals surface area contributed by atoms with Crippen molar-refractivity contribution in [3.8, 4) is 0 Å². The van der Waals surface area contributed by atoms with Gasteiger partial charge >= 0.3 is 0 Å². The van der Waals surface area contributed by atoms with E-state index in [1.807, 2.05) is 0 Å². The summed E-state index contributed by atoms with van der Waals surface area (Å²) >= 11 is 0. The van der Waals surface area contributed by atoms with Gasteiger partial charge < -0.3 is 15.4 Å². The van der Waals surface area contributed by atoms with Gasteiger partial charge in [0, 0.05) is 6.61 Å². The van der Waals surface area contributed by atoms with E-state index in [1.165, 1.54) is 103 Å². The molecule has 0 spiro atoms. The molecule has 4 fully saturated rings. The fourth-order valence-corrected chi connectivity index (χ4v) is 6.58. The Morgan fingerprint density at radius 3 is 1.77 bits per heavy atom. The van der Waals surface area contributed by atoms with E-state index in [-0.39, 0.29) is 0 Å². The van der Waals surface area contributed by atoms with Gasteiger partial charge in [0.1, 0.15) is 0 Å². The summed E-state index contributed by atoms with van der Waals surface area (Å²) in [7, 11) is 0. The van der Waals surface area contributed by atoms with Gasteiger partial charge in [0.15, 0.2) is 0 Å². The number of ether oxygens (including phenoxy) is 1. The van der Waals surface area contributed by atoms with Gasteiger partial charge in [0.2, 0.25) is 0 Å². The predicted molar refractivity (Wildman–Crippen MR) is 108 cm³/mol. The van der Waals surface area contributed by atoms with Crippen LogP contribution in [0.2, 0.25) is 0 Å². The highest BCUT2D eigenvalue weighted by molar-refractivity contribution is 4.93. The summed E-state index contributed by atoms with van der Waals surface area (Å²) in [6.07, 6.45) is 17.5. The van der Waals surface area contributed by atoms with Crippen LogP contribution in [0.4, 0.5) is 0 Å². The molecule has 4 unspecified atom stereocenters. The Kier molecular flexibility index (Phi) is 7.30. The molecule has 0 aromatic carbocycles. The first-order chi connectivity index (χ1) is 12.9. The molecule has 0 aromatic heterocycles. The number of hydrogen-bond acceptors (Lipinski definition) is 3. The molecule has 3 heteroatoms. The second-order valence-electron chi connectivity index (χ2n) is 9.77. The lowest BCUT2D eigenvalue weighted by molar-refractivity contribution is -0.0988. The van der Waals surface area contributed by atoms with Crippen molar-refractivity contribution in [3.05, 3.63) is 0 Å². The van der Waals surface area contributed by atoms with E-state index in [4.69, 9.17) is 4.74 Å². The smallest absolute Gasteiger partial charge is 0.0637 e. The molecule has 0 bridgehead atoms. The van der Waals surface area contributed by atoms with Crippen LogP contribution >= 0.6 is 0 Å². The topological polar surface area (TPSA) is 33.3 Å². The maximum Gasteiger partial charge on any atom is 0.0637 e. The third kappa shape index (κ3) is 4.83. The Bertz CT molecular complexity index is 371. The minimum absolute atomic E-state index is 0.542. The summed E-state index contributed by atoms with van der Waals surface area (Å²) in [6, 6.07) is 0. The molecule has 2 saturated heterocycles. The van der Waals surface area contributed by atoms with Crippen LogP contribution in [0.1, 0.15) is 77.0 Å². The summed E-state index contributed by atoms with van der Waals surface area (Å²) in [5.74, 6) is 4.19. The zero-order valence-corrected chi connectivity index (χ0v) is 16.9. The fraction of sp³-hybridized carbons (Fsp3) is 1.00. The molecule has 2 N–H and O–H groups in total. The van der Waals surface area contributed by atoms with E-state index in [9.17, 15) is 0 Å². The molecule has 0 aromatic rings. The highest BCUT2D eigenvalue weighted by atomic mass is 16.5. The van der Waals surface area contributed by atoms with Crippen molar-refractivity contribution >= 4 is 0 Å². The minimum Gasteiger partial charge on any atom is -0.377 e. The Morgan fingerprint density at radius 1 is 0.615 bits per heavy atom. The molecule has 2 heterocycles. The molecular formula is C23H42N2O. The van der Waals surface area contributed by atoms with E-state index < -0.39 is 0 Å². The quantitative estimate of drug-likeness (QED) is 0.762. The number of rotatable bonds is 5. The third-order valence-corrected chi connectivity index (χ3v) is 8.05. The average molecular weight is 363 g/mol. The first-order valence-electron chi connectivity index (χ1n) is 11.9. The van der Waals surface area contributed by atoms with Gasteiger partial charge in [-0.05, 0) is 107 Å². The van der Waals surface area contributed by atoms with Gasteiger partial charge in [0.05, 0.1) is 6.10 Å². The van der Waals surface area contributed by atoms with Crippen LogP contribution in [0.15, 0.2) is 0 Å². The zero-order chi connectivity index (χ0) is 17.6. The van der Waals surface area contributed by atoms with Crippen molar-refractivity contribution < 1.29 is 4.74 Å². The monoisotopic (exact) mass is 362 g/mol. The van der Waals surface area contributed by atoms with Crippen molar-refractivity contribution in [3.63, 3.8) is 0 Å². The Hall–Kier alpha value is -0.120. The molecule has 2 aliphatic heterocycles. The predicted octanol–water partition coefficient (Wildman–Crippen LogP) is 4.37. The molecule has 3 nitrogen and oxygen atoms in total. The summed E-state index contributed by atoms with van der Waals surface area (Å²) in [4.78, 5) is 0. The van der Waals surface area contributed by atoms with Crippen LogP contribution in [0.5, 0.6) is 0 Å². The maximum absolute atomic E-state index is 6.90. The van der Waals surface area contributed by atoms with Crippen LogP contribution < -0.4 is 10.6 Å². The van der Waals surface area contributed by atoms with Crippen molar-refractivity contribution in [2.24, 2.45) is 29.6 Å². The van der Waals surface area contributed by atoms with Gasteiger partial charge in [-0.3, -0.25) is 0 Å². The summed E-state index contributed by atoms with van der Waals surface area (Å²) < 4.78 is 6.90. The van der Waals surface area contributed by atoms with Crippen molar-refractivity contribution in [2.75, 3.05) is 32.8 Å². The maximum atomic E-state index is 6.90. The number of piperidine rings is 2. The Balaban J connectivity index is 1.43. The van der Waals surface area contributed by atoms with Crippen LogP contribution in [0.3, 0.4) is 0 Å². The normalized spacial score (nSPS) is 40.4. The lowest BCUT2D eigenvalue weighted by Gasteiger charge is -2.47. The SMILES string of the molecule is C1CCC(COC2C(C3CCCNC3)CCCC2C2CCCNC2)CC1. The summed E-state index contributed by atoms with van der Waals surface area (Å²) in [5.41, 5.74) is 0. The molecule has 26 heavy (non-hydrogen) atoms. The zero-order valence-electron chi connectivity index (χ0n) is 16.9. The first kappa shape index (κ1) is 19.2. The lowest BCUT2D eigenvalue weighted by atomic mass is 9.66. The molecule has 4 rings (SSSR count). The van der Waals surface area contributed by atoms with Gasteiger partial charge in [-0.15, -0.1) is 0 Å². The number of nitrogens with one attached hydrogen (secondary N) is 2. The molecular weight excluding hydrogens is 320 g/mol. The van der Waals surface area contributed by atoms with Crippen LogP contribution in [0, 0.1) is 29.6 Å². The standard InChI is InChI=1S/C23H42N2O/c1-2-7-18(8-3-1)17-26-23-21(19-9-5-13-24-15-19)11-4-12-22(23)20-10-6-14-25-16-20/h18-25H,1-17H2. The largest absolute Gasteiger partial charge is 0.377 e. The van der Waals surface area contributed by atoms with Crippen molar-refractivity contribution in [1.82, 2.24) is 10.6 Å².